The van der Waals surface area contributed by atoms with E-state index >= 15 is 0 Å². The Hall–Kier alpha value is -2.95. The maximum Gasteiger partial charge on any atom is 0.116 e. The van der Waals surface area contributed by atoms with Gasteiger partial charge >= 0.3 is 0 Å². The third kappa shape index (κ3) is 2.72. The molecule has 0 saturated carbocycles. The standard InChI is InChI=1S/C8H6N2.C7H5N3/c1-3-7-8(9-5-1)4-2-6-10-7;1-2-6-7(9-3-1)4-8-5-10-6/h1-6H;1-5H. The van der Waals surface area contributed by atoms with Gasteiger partial charge in [0.2, 0.25) is 0 Å². The monoisotopic (exact) mass is 261 g/mol. The fourth-order valence-electron chi connectivity index (χ4n) is 1.72. The van der Waals surface area contributed by atoms with Gasteiger partial charge in [0.05, 0.1) is 22.7 Å². The van der Waals surface area contributed by atoms with Crippen LogP contribution in [0.2, 0.25) is 0 Å². The number of aromatic nitrogens is 5. The second-order valence-electron chi connectivity index (χ2n) is 3.98. The Bertz CT molecular complexity index is 630. The number of fused-ring (bicyclic) bond motifs is 2. The Morgan fingerprint density at radius 2 is 1.05 bits per heavy atom. The third-order valence-corrected chi connectivity index (χ3v) is 2.65. The lowest BCUT2D eigenvalue weighted by molar-refractivity contribution is 1.20. The second kappa shape index (κ2) is 5.79. The van der Waals surface area contributed by atoms with Crippen molar-refractivity contribution in [3.05, 3.63) is 67.5 Å². The first-order valence-electron chi connectivity index (χ1n) is 6.10. The average Bonchev–Trinajstić information content (AvgIpc) is 2.56. The zero-order valence-corrected chi connectivity index (χ0v) is 10.6. The van der Waals surface area contributed by atoms with E-state index in [-0.39, 0.29) is 0 Å². The lowest BCUT2D eigenvalue weighted by Gasteiger charge is -1.90. The van der Waals surface area contributed by atoms with Crippen molar-refractivity contribution in [1.82, 2.24) is 24.9 Å². The summed E-state index contributed by atoms with van der Waals surface area (Å²) >= 11 is 0. The fourth-order valence-corrected chi connectivity index (χ4v) is 1.72. The zero-order chi connectivity index (χ0) is 13.6. The molecule has 5 nitrogen and oxygen atoms in total. The van der Waals surface area contributed by atoms with E-state index in [1.807, 2.05) is 36.4 Å². The topological polar surface area (TPSA) is 64.5 Å². The maximum atomic E-state index is 4.12. The van der Waals surface area contributed by atoms with Crippen molar-refractivity contribution in [1.29, 1.82) is 0 Å². The lowest BCUT2D eigenvalue weighted by atomic mass is 10.3. The molecular formula is C15H11N5. The molecule has 96 valence electrons. The van der Waals surface area contributed by atoms with E-state index in [9.17, 15) is 0 Å². The molecule has 5 heteroatoms. The van der Waals surface area contributed by atoms with Gasteiger partial charge in [-0.05, 0) is 36.4 Å². The molecule has 0 unspecified atom stereocenters. The number of nitrogens with zero attached hydrogens (tertiary/aromatic N) is 5. The van der Waals surface area contributed by atoms with Crippen molar-refractivity contribution in [3.8, 4) is 0 Å². The van der Waals surface area contributed by atoms with Gasteiger partial charge in [0.1, 0.15) is 11.8 Å². The van der Waals surface area contributed by atoms with Crippen LogP contribution in [0.25, 0.3) is 22.1 Å². The molecule has 20 heavy (non-hydrogen) atoms. The third-order valence-electron chi connectivity index (χ3n) is 2.65. The Labute approximate surface area is 115 Å². The van der Waals surface area contributed by atoms with Gasteiger partial charge in [-0.15, -0.1) is 0 Å². The Morgan fingerprint density at radius 1 is 0.550 bits per heavy atom. The first-order chi connectivity index (χ1) is 9.93. The van der Waals surface area contributed by atoms with Crippen LogP contribution in [-0.2, 0) is 0 Å². The summed E-state index contributed by atoms with van der Waals surface area (Å²) in [6.07, 6.45) is 8.48. The molecule has 0 radical (unpaired) electrons. The lowest BCUT2D eigenvalue weighted by Crippen LogP contribution is -1.81. The summed E-state index contributed by atoms with van der Waals surface area (Å²) in [7, 11) is 0. The fraction of sp³-hybridized carbons (Fsp3) is 0. The highest BCUT2D eigenvalue weighted by molar-refractivity contribution is 5.73. The van der Waals surface area contributed by atoms with Gasteiger partial charge in [-0.3, -0.25) is 15.0 Å². The van der Waals surface area contributed by atoms with Gasteiger partial charge < -0.3 is 0 Å². The molecule has 0 aliphatic rings. The molecule has 4 heterocycles. The van der Waals surface area contributed by atoms with Crippen molar-refractivity contribution in [2.24, 2.45) is 0 Å². The summed E-state index contributed by atoms with van der Waals surface area (Å²) in [5.41, 5.74) is 3.62. The summed E-state index contributed by atoms with van der Waals surface area (Å²) in [6.45, 7) is 0. The predicted octanol–water partition coefficient (Wildman–Crippen LogP) is 2.65. The summed E-state index contributed by atoms with van der Waals surface area (Å²) in [5.74, 6) is 0. The van der Waals surface area contributed by atoms with Crippen LogP contribution in [0.3, 0.4) is 0 Å². The van der Waals surface area contributed by atoms with E-state index in [4.69, 9.17) is 0 Å². The molecule has 0 atom stereocenters. The Morgan fingerprint density at radius 3 is 1.60 bits per heavy atom. The van der Waals surface area contributed by atoms with E-state index < -0.39 is 0 Å². The molecule has 0 saturated heterocycles. The predicted molar refractivity (Wildman–Crippen MR) is 76.9 cm³/mol. The summed E-state index contributed by atoms with van der Waals surface area (Å²) < 4.78 is 0. The van der Waals surface area contributed by atoms with Crippen molar-refractivity contribution >= 4 is 22.1 Å². The van der Waals surface area contributed by atoms with Crippen LogP contribution < -0.4 is 0 Å². The van der Waals surface area contributed by atoms with Gasteiger partial charge in [-0.1, -0.05) is 0 Å². The first kappa shape index (κ1) is 12.1. The zero-order valence-electron chi connectivity index (χ0n) is 10.6. The van der Waals surface area contributed by atoms with Gasteiger partial charge in [0.15, 0.2) is 0 Å². The largest absolute Gasteiger partial charge is 0.255 e. The molecule has 0 N–H and O–H groups in total. The molecule has 0 spiro atoms. The minimum atomic E-state index is 0.838. The van der Waals surface area contributed by atoms with Crippen molar-refractivity contribution in [2.45, 2.75) is 0 Å². The molecular weight excluding hydrogens is 250 g/mol. The van der Waals surface area contributed by atoms with Crippen molar-refractivity contribution in [3.63, 3.8) is 0 Å². The molecule has 4 aromatic heterocycles. The van der Waals surface area contributed by atoms with Crippen molar-refractivity contribution < 1.29 is 0 Å². The second-order valence-corrected chi connectivity index (χ2v) is 3.98. The number of rotatable bonds is 0. The molecule has 0 amide bonds. The van der Waals surface area contributed by atoms with E-state index in [2.05, 4.69) is 24.9 Å². The number of hydrogen-bond donors (Lipinski definition) is 0. The van der Waals surface area contributed by atoms with Gasteiger partial charge in [-0.25, -0.2) is 9.97 Å². The van der Waals surface area contributed by atoms with E-state index in [0.717, 1.165) is 22.1 Å². The summed E-state index contributed by atoms with van der Waals surface area (Å²) in [5, 5.41) is 0. The average molecular weight is 261 g/mol. The van der Waals surface area contributed by atoms with Gasteiger partial charge in [0, 0.05) is 18.6 Å². The molecule has 0 aliphatic carbocycles. The van der Waals surface area contributed by atoms with Crippen molar-refractivity contribution in [2.75, 3.05) is 0 Å². The molecule has 0 aliphatic heterocycles. The summed E-state index contributed by atoms with van der Waals surface area (Å²) in [4.78, 5) is 20.1. The SMILES string of the molecule is c1cnc2cccnc2c1.c1cnc2cncnc2c1. The smallest absolute Gasteiger partial charge is 0.116 e. The van der Waals surface area contributed by atoms with Gasteiger partial charge in [0.25, 0.3) is 0 Å². The molecule has 4 aromatic rings. The highest BCUT2D eigenvalue weighted by atomic mass is 14.8. The highest BCUT2D eigenvalue weighted by Crippen LogP contribution is 2.04. The number of hydrogen-bond acceptors (Lipinski definition) is 5. The quantitative estimate of drug-likeness (QED) is 0.487. The van der Waals surface area contributed by atoms with Crippen LogP contribution in [0, 0.1) is 0 Å². The minimum Gasteiger partial charge on any atom is -0.255 e. The Kier molecular flexibility index (Phi) is 3.51. The minimum absolute atomic E-state index is 0.838. The highest BCUT2D eigenvalue weighted by Gasteiger charge is 1.89. The molecule has 4 rings (SSSR count). The van der Waals surface area contributed by atoms with Crippen LogP contribution in [0.5, 0.6) is 0 Å². The van der Waals surface area contributed by atoms with Crippen LogP contribution in [0.4, 0.5) is 0 Å². The van der Waals surface area contributed by atoms with Crippen LogP contribution >= 0.6 is 0 Å². The van der Waals surface area contributed by atoms with Crippen LogP contribution in [0.1, 0.15) is 0 Å². The van der Waals surface area contributed by atoms with Crippen LogP contribution in [0.15, 0.2) is 67.5 Å². The molecule has 0 bridgehead atoms. The van der Waals surface area contributed by atoms with E-state index in [1.165, 1.54) is 6.33 Å². The molecule has 0 aromatic carbocycles. The van der Waals surface area contributed by atoms with Crippen LogP contribution in [-0.4, -0.2) is 24.9 Å². The maximum absolute atomic E-state index is 4.12. The normalized spacial score (nSPS) is 10.0. The number of pyridine rings is 3. The molecule has 0 fully saturated rings. The first-order valence-corrected chi connectivity index (χ1v) is 6.10. The summed E-state index contributed by atoms with van der Waals surface area (Å²) in [6, 6.07) is 11.4. The van der Waals surface area contributed by atoms with E-state index in [0.29, 0.717) is 0 Å². The van der Waals surface area contributed by atoms with E-state index in [1.54, 1.807) is 24.8 Å². The van der Waals surface area contributed by atoms with Gasteiger partial charge in [-0.2, -0.15) is 0 Å². The Balaban J connectivity index is 0.000000121.